The van der Waals surface area contributed by atoms with Crippen molar-refractivity contribution in [1.82, 2.24) is 9.97 Å². The molecule has 8 nitrogen and oxygen atoms in total. The molecule has 2 aromatic rings. The summed E-state index contributed by atoms with van der Waals surface area (Å²) in [4.78, 5) is 24.7. The summed E-state index contributed by atoms with van der Waals surface area (Å²) in [6.07, 6.45) is -3.50. The number of anilines is 1. The smallest absolute Gasteiger partial charge is 0.415 e. The normalized spacial score (nSPS) is 25.0. The Hall–Kier alpha value is -3.28. The number of halogens is 4. The van der Waals surface area contributed by atoms with E-state index in [1.807, 2.05) is 6.92 Å². The number of nitrogens with one attached hydrogen (secondary N) is 1. The van der Waals surface area contributed by atoms with Gasteiger partial charge in [-0.25, -0.2) is 14.4 Å². The highest BCUT2D eigenvalue weighted by molar-refractivity contribution is 6.02. The number of amidine groups is 1. The lowest BCUT2D eigenvalue weighted by atomic mass is 9.77. The minimum absolute atomic E-state index is 0.0266. The first kappa shape index (κ1) is 21.9. The van der Waals surface area contributed by atoms with E-state index >= 15 is 0 Å². The third kappa shape index (κ3) is 3.85. The average molecular weight is 453 g/mol. The molecule has 0 radical (unpaired) electrons. The van der Waals surface area contributed by atoms with Crippen molar-refractivity contribution in [2.45, 2.75) is 31.2 Å². The zero-order valence-corrected chi connectivity index (χ0v) is 16.8. The molecular formula is C20H19F4N5O3. The lowest BCUT2D eigenvalue weighted by Crippen LogP contribution is -2.48. The number of aromatic nitrogens is 2. The zero-order chi connectivity index (χ0) is 23.1. The molecule has 0 aliphatic carbocycles. The van der Waals surface area contributed by atoms with Gasteiger partial charge in [-0.2, -0.15) is 13.2 Å². The highest BCUT2D eigenvalue weighted by Gasteiger charge is 2.62. The summed E-state index contributed by atoms with van der Waals surface area (Å²) in [5.41, 5.74) is 4.54. The monoisotopic (exact) mass is 453 g/mol. The fourth-order valence-corrected chi connectivity index (χ4v) is 3.88. The van der Waals surface area contributed by atoms with Crippen molar-refractivity contribution in [2.75, 3.05) is 18.5 Å². The van der Waals surface area contributed by atoms with Gasteiger partial charge in [0.25, 0.3) is 11.9 Å². The summed E-state index contributed by atoms with van der Waals surface area (Å²) in [7, 11) is 0. The number of alkyl halides is 3. The van der Waals surface area contributed by atoms with Crippen LogP contribution in [0.1, 0.15) is 28.7 Å². The number of ether oxygens (including phenoxy) is 2. The van der Waals surface area contributed by atoms with Gasteiger partial charge in [0.05, 0.1) is 31.0 Å². The minimum Gasteiger partial charge on any atom is -0.465 e. The van der Waals surface area contributed by atoms with Gasteiger partial charge >= 0.3 is 6.18 Å². The number of aryl methyl sites for hydroxylation is 1. The van der Waals surface area contributed by atoms with Gasteiger partial charge < -0.3 is 20.5 Å². The Morgan fingerprint density at radius 3 is 2.75 bits per heavy atom. The topological polar surface area (TPSA) is 112 Å². The number of benzene rings is 1. The first-order valence-electron chi connectivity index (χ1n) is 9.73. The van der Waals surface area contributed by atoms with Gasteiger partial charge in [-0.05, 0) is 24.6 Å². The van der Waals surface area contributed by atoms with Crippen LogP contribution < -0.4 is 11.1 Å². The van der Waals surface area contributed by atoms with Crippen LogP contribution in [0.3, 0.4) is 0 Å². The summed E-state index contributed by atoms with van der Waals surface area (Å²) < 4.78 is 65.3. The third-order valence-corrected chi connectivity index (χ3v) is 5.50. The molecule has 4 rings (SSSR count). The number of nitrogens with zero attached hydrogens (tertiary/aromatic N) is 3. The highest BCUT2D eigenvalue weighted by Crippen LogP contribution is 2.50. The Kier molecular flexibility index (Phi) is 5.49. The molecule has 0 spiro atoms. The maximum absolute atomic E-state index is 14.9. The van der Waals surface area contributed by atoms with Crippen LogP contribution in [0.2, 0.25) is 0 Å². The van der Waals surface area contributed by atoms with Crippen molar-refractivity contribution >= 4 is 17.6 Å². The molecular weight excluding hydrogens is 434 g/mol. The summed E-state index contributed by atoms with van der Waals surface area (Å²) in [5.74, 6) is -2.79. The van der Waals surface area contributed by atoms with Gasteiger partial charge in [-0.1, -0.05) is 6.92 Å². The van der Waals surface area contributed by atoms with Crippen molar-refractivity contribution in [3.63, 3.8) is 0 Å². The van der Waals surface area contributed by atoms with E-state index in [0.29, 0.717) is 12.1 Å². The molecule has 12 heteroatoms. The van der Waals surface area contributed by atoms with E-state index in [2.05, 4.69) is 20.3 Å². The van der Waals surface area contributed by atoms with Crippen molar-refractivity contribution in [3.8, 4) is 0 Å². The van der Waals surface area contributed by atoms with Gasteiger partial charge in [0.15, 0.2) is 6.10 Å². The van der Waals surface area contributed by atoms with Gasteiger partial charge in [0.1, 0.15) is 17.1 Å². The molecule has 170 valence electrons. The van der Waals surface area contributed by atoms with Crippen molar-refractivity contribution < 1.29 is 31.8 Å². The van der Waals surface area contributed by atoms with E-state index in [1.54, 1.807) is 0 Å². The summed E-state index contributed by atoms with van der Waals surface area (Å²) >= 11 is 0. The molecule has 1 unspecified atom stereocenters. The first-order chi connectivity index (χ1) is 15.1. The van der Waals surface area contributed by atoms with Crippen molar-refractivity contribution in [2.24, 2.45) is 16.6 Å². The molecule has 1 aromatic carbocycles. The molecule has 32 heavy (non-hydrogen) atoms. The van der Waals surface area contributed by atoms with Crippen LogP contribution in [-0.2, 0) is 21.4 Å². The fourth-order valence-electron chi connectivity index (χ4n) is 3.88. The molecule has 0 bridgehead atoms. The molecule has 3 atom stereocenters. The quantitative estimate of drug-likeness (QED) is 0.689. The van der Waals surface area contributed by atoms with Crippen LogP contribution in [-0.4, -0.2) is 47.4 Å². The molecule has 1 saturated heterocycles. The van der Waals surface area contributed by atoms with Crippen LogP contribution in [0.25, 0.3) is 0 Å². The summed E-state index contributed by atoms with van der Waals surface area (Å²) in [6, 6.07) is 3.16. The number of carbonyl (C=O) groups excluding carboxylic acids is 1. The van der Waals surface area contributed by atoms with E-state index < -0.39 is 48.7 Å². The second-order valence-electron chi connectivity index (χ2n) is 7.46. The Balaban J connectivity index is 1.68. The lowest BCUT2D eigenvalue weighted by Gasteiger charge is -2.36. The minimum atomic E-state index is -4.71. The summed E-state index contributed by atoms with van der Waals surface area (Å²) in [6.45, 7) is 0.886. The molecule has 0 saturated carbocycles. The van der Waals surface area contributed by atoms with Crippen LogP contribution >= 0.6 is 0 Å². The lowest BCUT2D eigenvalue weighted by molar-refractivity contribution is -0.219. The average Bonchev–Trinajstić information content (AvgIpc) is 3.15. The standard InChI is InChI=1S/C20H19F4N5O3/c1-2-10-6-27-15(7-26-10)17(30)28-11-3-4-14(21)12(5-11)19-9-32-16(20(22,23)24)13(19)8-31-18(25)29-19/h3-7,13,16H,2,8-9H2,1H3,(H2,25,29)(H,28,30)/t13-,16+,19?/m1/s1. The van der Waals surface area contributed by atoms with Crippen molar-refractivity contribution in [3.05, 3.63) is 53.4 Å². The van der Waals surface area contributed by atoms with Crippen LogP contribution in [0, 0.1) is 11.7 Å². The molecule has 1 fully saturated rings. The Morgan fingerprint density at radius 2 is 2.09 bits per heavy atom. The van der Waals surface area contributed by atoms with Crippen LogP contribution in [0.5, 0.6) is 0 Å². The van der Waals surface area contributed by atoms with Crippen LogP contribution in [0.4, 0.5) is 23.2 Å². The van der Waals surface area contributed by atoms with Gasteiger partial charge in [0.2, 0.25) is 0 Å². The van der Waals surface area contributed by atoms with E-state index in [9.17, 15) is 22.4 Å². The number of nitrogens with two attached hydrogens (primary N) is 1. The molecule has 1 amide bonds. The number of rotatable bonds is 4. The second-order valence-corrected chi connectivity index (χ2v) is 7.46. The number of carbonyl (C=O) groups is 1. The predicted octanol–water partition coefficient (Wildman–Crippen LogP) is 2.55. The molecule has 2 aliphatic heterocycles. The third-order valence-electron chi connectivity index (χ3n) is 5.50. The Morgan fingerprint density at radius 1 is 1.31 bits per heavy atom. The van der Waals surface area contributed by atoms with Gasteiger partial charge in [-0.3, -0.25) is 9.78 Å². The number of hydrogen-bond donors (Lipinski definition) is 2. The van der Waals surface area contributed by atoms with Crippen LogP contribution in [0.15, 0.2) is 35.6 Å². The molecule has 3 N–H and O–H groups in total. The predicted molar refractivity (Wildman–Crippen MR) is 104 cm³/mol. The van der Waals surface area contributed by atoms with Gasteiger partial charge in [0, 0.05) is 17.4 Å². The molecule has 3 heterocycles. The Labute approximate surface area is 179 Å². The van der Waals surface area contributed by atoms with E-state index in [-0.39, 0.29) is 23.0 Å². The number of aliphatic imine (C=N–C) groups is 1. The zero-order valence-electron chi connectivity index (χ0n) is 16.8. The fraction of sp³-hybridized carbons (Fsp3) is 0.400. The number of fused-ring (bicyclic) bond motifs is 1. The van der Waals surface area contributed by atoms with E-state index in [0.717, 1.165) is 6.07 Å². The Bertz CT molecular complexity index is 1060. The largest absolute Gasteiger partial charge is 0.465 e. The SMILES string of the molecule is CCc1cnc(C(=O)Nc2ccc(F)c(C34CO[C@H](C(F)(F)F)[C@H]3COC(N)=N4)c2)cn1. The number of amides is 1. The second kappa shape index (κ2) is 8.01. The van der Waals surface area contributed by atoms with E-state index in [4.69, 9.17) is 15.2 Å². The van der Waals surface area contributed by atoms with Crippen molar-refractivity contribution in [1.29, 1.82) is 0 Å². The maximum atomic E-state index is 14.9. The van der Waals surface area contributed by atoms with Gasteiger partial charge in [-0.15, -0.1) is 0 Å². The first-order valence-corrected chi connectivity index (χ1v) is 9.73. The molecule has 1 aromatic heterocycles. The number of hydrogen-bond acceptors (Lipinski definition) is 7. The molecule has 2 aliphatic rings. The summed E-state index contributed by atoms with van der Waals surface area (Å²) in [5, 5.41) is 2.55. The van der Waals surface area contributed by atoms with E-state index in [1.165, 1.54) is 24.5 Å². The maximum Gasteiger partial charge on any atom is 0.415 e. The highest BCUT2D eigenvalue weighted by atomic mass is 19.4.